The van der Waals surface area contributed by atoms with E-state index < -0.39 is 0 Å². The maximum atomic E-state index is 5.74. The quantitative estimate of drug-likeness (QED) is 0.734. The second-order valence-electron chi connectivity index (χ2n) is 4.24. The number of nitrogens with zero attached hydrogens (tertiary/aromatic N) is 1. The Morgan fingerprint density at radius 3 is 2.93 bits per heavy atom. The van der Waals surface area contributed by atoms with Crippen LogP contribution in [0.3, 0.4) is 0 Å². The first kappa shape index (κ1) is 9.19. The number of benzene rings is 1. The Bertz CT molecular complexity index is 349. The molecule has 0 radical (unpaired) electrons. The fourth-order valence-electron chi connectivity index (χ4n) is 2.19. The Kier molecular flexibility index (Phi) is 2.35. The summed E-state index contributed by atoms with van der Waals surface area (Å²) in [6, 6.07) is 9.07. The topological polar surface area (TPSA) is 24.5 Å². The van der Waals surface area contributed by atoms with Crippen LogP contribution in [0, 0.1) is 0 Å². The Labute approximate surface area is 90.0 Å². The first-order chi connectivity index (χ1) is 7.43. The zero-order valence-electron chi connectivity index (χ0n) is 8.78. The van der Waals surface area contributed by atoms with Crippen molar-refractivity contribution in [1.29, 1.82) is 0 Å². The normalized spacial score (nSPS) is 22.4. The van der Waals surface area contributed by atoms with Crippen LogP contribution in [0.25, 0.3) is 0 Å². The predicted molar refractivity (Wildman–Crippen MR) is 59.0 cm³/mol. The van der Waals surface area contributed by atoms with E-state index in [1.54, 1.807) is 0 Å². The van der Waals surface area contributed by atoms with E-state index in [0.29, 0.717) is 6.04 Å². The summed E-state index contributed by atoms with van der Waals surface area (Å²) in [6.07, 6.45) is 0. The molecule has 0 amide bonds. The first-order valence-electron chi connectivity index (χ1n) is 5.59. The summed E-state index contributed by atoms with van der Waals surface area (Å²) in [5.41, 5.74) is 1.32. The van der Waals surface area contributed by atoms with Crippen LogP contribution in [-0.2, 0) is 6.54 Å². The number of hydrogen-bond donors (Lipinski definition) is 1. The number of fused-ring (bicyclic) bond motifs is 1. The van der Waals surface area contributed by atoms with Crippen molar-refractivity contribution >= 4 is 0 Å². The molecule has 0 bridgehead atoms. The molecule has 2 aliphatic heterocycles. The van der Waals surface area contributed by atoms with Gasteiger partial charge in [-0.2, -0.15) is 0 Å². The summed E-state index contributed by atoms with van der Waals surface area (Å²) in [6.45, 7) is 5.14. The molecule has 1 aromatic rings. The van der Waals surface area contributed by atoms with E-state index in [1.807, 2.05) is 6.07 Å². The second kappa shape index (κ2) is 3.83. The largest absolute Gasteiger partial charge is 0.492 e. The van der Waals surface area contributed by atoms with Gasteiger partial charge >= 0.3 is 0 Å². The number of hydrogen-bond acceptors (Lipinski definition) is 3. The maximum Gasteiger partial charge on any atom is 0.123 e. The molecule has 1 saturated heterocycles. The van der Waals surface area contributed by atoms with Crippen LogP contribution in [-0.4, -0.2) is 37.2 Å². The van der Waals surface area contributed by atoms with E-state index in [1.165, 1.54) is 5.56 Å². The van der Waals surface area contributed by atoms with Crippen molar-refractivity contribution in [3.8, 4) is 5.75 Å². The molecule has 0 saturated carbocycles. The van der Waals surface area contributed by atoms with Crippen molar-refractivity contribution in [2.24, 2.45) is 0 Å². The van der Waals surface area contributed by atoms with Crippen molar-refractivity contribution in [2.45, 2.75) is 12.6 Å². The second-order valence-corrected chi connectivity index (χ2v) is 4.24. The van der Waals surface area contributed by atoms with E-state index >= 15 is 0 Å². The molecule has 2 aliphatic rings. The van der Waals surface area contributed by atoms with Gasteiger partial charge in [-0.05, 0) is 6.07 Å². The van der Waals surface area contributed by atoms with Crippen molar-refractivity contribution < 1.29 is 4.74 Å². The maximum absolute atomic E-state index is 5.74. The van der Waals surface area contributed by atoms with Gasteiger partial charge in [0.2, 0.25) is 0 Å². The highest BCUT2D eigenvalue weighted by Gasteiger charge is 2.26. The van der Waals surface area contributed by atoms with Crippen LogP contribution in [0.4, 0.5) is 0 Å². The summed E-state index contributed by atoms with van der Waals surface area (Å²) in [7, 11) is 0. The molecule has 3 nitrogen and oxygen atoms in total. The third-order valence-electron chi connectivity index (χ3n) is 3.26. The van der Waals surface area contributed by atoms with E-state index in [2.05, 4.69) is 28.4 Å². The van der Waals surface area contributed by atoms with Gasteiger partial charge in [-0.3, -0.25) is 4.90 Å². The molecule has 0 atom stereocenters. The van der Waals surface area contributed by atoms with Crippen molar-refractivity contribution in [3.63, 3.8) is 0 Å². The molecule has 1 aromatic carbocycles. The Morgan fingerprint density at radius 2 is 2.13 bits per heavy atom. The molecular weight excluding hydrogens is 188 g/mol. The van der Waals surface area contributed by atoms with Gasteiger partial charge in [-0.25, -0.2) is 0 Å². The minimum Gasteiger partial charge on any atom is -0.492 e. The fourth-order valence-corrected chi connectivity index (χ4v) is 2.19. The summed E-state index contributed by atoms with van der Waals surface area (Å²) in [4.78, 5) is 2.52. The highest BCUT2D eigenvalue weighted by Crippen LogP contribution is 2.23. The molecule has 0 unspecified atom stereocenters. The van der Waals surface area contributed by atoms with Crippen LogP contribution in [0.15, 0.2) is 24.3 Å². The van der Waals surface area contributed by atoms with Crippen LogP contribution < -0.4 is 10.1 Å². The van der Waals surface area contributed by atoms with E-state index in [4.69, 9.17) is 4.74 Å². The van der Waals surface area contributed by atoms with Gasteiger partial charge in [-0.1, -0.05) is 18.2 Å². The third-order valence-corrected chi connectivity index (χ3v) is 3.26. The highest BCUT2D eigenvalue weighted by molar-refractivity contribution is 5.33. The zero-order valence-corrected chi connectivity index (χ0v) is 8.78. The van der Waals surface area contributed by atoms with Crippen molar-refractivity contribution in [2.75, 3.05) is 26.2 Å². The molecule has 0 aliphatic carbocycles. The molecular formula is C12H16N2O. The lowest BCUT2D eigenvalue weighted by atomic mass is 10.1. The Morgan fingerprint density at radius 1 is 1.27 bits per heavy atom. The summed E-state index contributed by atoms with van der Waals surface area (Å²) < 4.78 is 5.74. The van der Waals surface area contributed by atoms with Crippen molar-refractivity contribution in [3.05, 3.63) is 29.8 Å². The SMILES string of the molecule is c1ccc2c(c1)CN(C1CNC1)CCO2. The molecule has 1 N–H and O–H groups in total. The Balaban J connectivity index is 1.81. The zero-order chi connectivity index (χ0) is 10.1. The minimum atomic E-state index is 0.708. The molecule has 0 spiro atoms. The average Bonchev–Trinajstić information content (AvgIpc) is 2.37. The van der Waals surface area contributed by atoms with Gasteiger partial charge < -0.3 is 10.1 Å². The van der Waals surface area contributed by atoms with E-state index in [-0.39, 0.29) is 0 Å². The Hall–Kier alpha value is -1.06. The number of nitrogens with one attached hydrogen (secondary N) is 1. The molecule has 80 valence electrons. The molecule has 3 rings (SSSR count). The summed E-state index contributed by atoms with van der Waals surface area (Å²) in [5, 5.41) is 3.32. The lowest BCUT2D eigenvalue weighted by Crippen LogP contribution is -2.57. The fraction of sp³-hybridized carbons (Fsp3) is 0.500. The summed E-state index contributed by atoms with van der Waals surface area (Å²) in [5.74, 6) is 1.06. The van der Waals surface area contributed by atoms with Gasteiger partial charge in [0.15, 0.2) is 0 Å². The molecule has 2 heterocycles. The number of rotatable bonds is 1. The standard InChI is InChI=1S/C12H16N2O/c1-2-4-12-10(3-1)9-14(5-6-15-12)11-7-13-8-11/h1-4,11,13H,5-9H2. The van der Waals surface area contributed by atoms with Crippen LogP contribution in [0.1, 0.15) is 5.56 Å². The monoisotopic (exact) mass is 204 g/mol. The molecule has 0 aromatic heterocycles. The van der Waals surface area contributed by atoms with Gasteiger partial charge in [-0.15, -0.1) is 0 Å². The third kappa shape index (κ3) is 1.73. The lowest BCUT2D eigenvalue weighted by molar-refractivity contribution is 0.127. The van der Waals surface area contributed by atoms with E-state index in [9.17, 15) is 0 Å². The van der Waals surface area contributed by atoms with Crippen LogP contribution in [0.5, 0.6) is 5.75 Å². The van der Waals surface area contributed by atoms with E-state index in [0.717, 1.165) is 38.5 Å². The first-order valence-corrected chi connectivity index (χ1v) is 5.59. The molecule has 15 heavy (non-hydrogen) atoms. The number of ether oxygens (including phenoxy) is 1. The average molecular weight is 204 g/mol. The summed E-state index contributed by atoms with van der Waals surface area (Å²) >= 11 is 0. The highest BCUT2D eigenvalue weighted by atomic mass is 16.5. The molecule has 3 heteroatoms. The van der Waals surface area contributed by atoms with Gasteiger partial charge in [0.25, 0.3) is 0 Å². The van der Waals surface area contributed by atoms with Crippen LogP contribution in [0.2, 0.25) is 0 Å². The van der Waals surface area contributed by atoms with Gasteiger partial charge in [0.05, 0.1) is 0 Å². The predicted octanol–water partition coefficient (Wildman–Crippen LogP) is 0.853. The molecule has 1 fully saturated rings. The van der Waals surface area contributed by atoms with Crippen molar-refractivity contribution in [1.82, 2.24) is 10.2 Å². The van der Waals surface area contributed by atoms with Gasteiger partial charge in [0.1, 0.15) is 12.4 Å². The lowest BCUT2D eigenvalue weighted by Gasteiger charge is -2.37. The smallest absolute Gasteiger partial charge is 0.123 e. The number of para-hydroxylation sites is 1. The van der Waals surface area contributed by atoms with Crippen LogP contribution >= 0.6 is 0 Å². The van der Waals surface area contributed by atoms with Gasteiger partial charge in [0, 0.05) is 37.8 Å². The minimum absolute atomic E-state index is 0.708.